The molecule has 4 aromatic rings. The van der Waals surface area contributed by atoms with Crippen molar-refractivity contribution in [1.29, 1.82) is 5.26 Å². The summed E-state index contributed by atoms with van der Waals surface area (Å²) in [6, 6.07) is 13.9. The molecule has 0 spiro atoms. The van der Waals surface area contributed by atoms with Gasteiger partial charge in [0.05, 0.1) is 21.8 Å². The molecule has 2 N–H and O–H groups in total. The van der Waals surface area contributed by atoms with Crippen LogP contribution in [0.25, 0.3) is 16.9 Å². The second-order valence-corrected chi connectivity index (χ2v) is 7.61. The number of anilines is 1. The summed E-state index contributed by atoms with van der Waals surface area (Å²) in [5.41, 5.74) is 8.79. The van der Waals surface area contributed by atoms with Gasteiger partial charge in [0.15, 0.2) is 11.5 Å². The highest BCUT2D eigenvalue weighted by Crippen LogP contribution is 2.31. The van der Waals surface area contributed by atoms with Gasteiger partial charge < -0.3 is 5.73 Å². The maximum Gasteiger partial charge on any atom is 0.223 e. The first-order valence-electron chi connectivity index (χ1n) is 8.12. The van der Waals surface area contributed by atoms with Crippen LogP contribution in [0.2, 0.25) is 0 Å². The predicted octanol–water partition coefficient (Wildman–Crippen LogP) is 4.50. The molecule has 2 aromatic heterocycles. The summed E-state index contributed by atoms with van der Waals surface area (Å²) in [5.74, 6) is 0.206. The van der Waals surface area contributed by atoms with E-state index in [1.54, 1.807) is 30.3 Å². The maximum atomic E-state index is 14.1. The molecule has 4 rings (SSSR count). The smallest absolute Gasteiger partial charge is 0.223 e. The van der Waals surface area contributed by atoms with Crippen LogP contribution in [-0.2, 0) is 6.42 Å². The number of rotatable bonds is 3. The molecule has 2 heterocycles. The number of nitrogens with zero attached hydrogens (tertiary/aromatic N) is 5. The van der Waals surface area contributed by atoms with Crippen LogP contribution in [0.4, 0.5) is 10.3 Å². The average Bonchev–Trinajstić information content (AvgIpc) is 3.13. The summed E-state index contributed by atoms with van der Waals surface area (Å²) in [6.07, 6.45) is 0.195. The number of aromatic nitrogens is 4. The molecule has 0 bridgehead atoms. The monoisotopic (exact) mass is 500 g/mol. The number of halogens is 3. The zero-order chi connectivity index (χ0) is 19.8. The van der Waals surface area contributed by atoms with E-state index in [0.717, 1.165) is 5.56 Å². The maximum absolute atomic E-state index is 14.1. The van der Waals surface area contributed by atoms with E-state index in [9.17, 15) is 4.39 Å². The van der Waals surface area contributed by atoms with Gasteiger partial charge in [-0.2, -0.15) is 9.78 Å². The Morgan fingerprint density at radius 1 is 1.14 bits per heavy atom. The highest BCUT2D eigenvalue weighted by Gasteiger charge is 2.18. The van der Waals surface area contributed by atoms with Crippen molar-refractivity contribution >= 4 is 43.5 Å². The number of nitrogen functional groups attached to an aromatic ring is 1. The van der Waals surface area contributed by atoms with E-state index in [1.807, 2.05) is 6.07 Å². The second kappa shape index (κ2) is 7.30. The van der Waals surface area contributed by atoms with E-state index in [2.05, 4.69) is 53.0 Å². The van der Waals surface area contributed by atoms with Gasteiger partial charge in [-0.15, -0.1) is 5.10 Å². The number of nitrogens with two attached hydrogens (primary N) is 1. The van der Waals surface area contributed by atoms with Crippen LogP contribution in [0.5, 0.6) is 0 Å². The molecule has 138 valence electrons. The summed E-state index contributed by atoms with van der Waals surface area (Å²) in [5, 5.41) is 13.5. The third-order valence-electron chi connectivity index (χ3n) is 4.16. The summed E-state index contributed by atoms with van der Waals surface area (Å²) >= 11 is 6.88. The van der Waals surface area contributed by atoms with Crippen molar-refractivity contribution in [3.8, 4) is 17.3 Å². The molecule has 0 fully saturated rings. The lowest BCUT2D eigenvalue weighted by atomic mass is 10.1. The minimum absolute atomic E-state index is 0.141. The summed E-state index contributed by atoms with van der Waals surface area (Å²) < 4.78 is 16.8. The lowest BCUT2D eigenvalue weighted by molar-refractivity contribution is 0.610. The fraction of sp³-hybridized carbons (Fsp3) is 0.0526. The van der Waals surface area contributed by atoms with E-state index in [4.69, 9.17) is 11.0 Å². The first-order chi connectivity index (χ1) is 13.5. The molecular formula is C19H11Br2FN6. The Kier molecular flexibility index (Phi) is 4.83. The molecule has 0 aliphatic heterocycles. The lowest BCUT2D eigenvalue weighted by Gasteiger charge is -2.07. The van der Waals surface area contributed by atoms with Gasteiger partial charge in [0.2, 0.25) is 5.95 Å². The molecule has 0 saturated heterocycles. The van der Waals surface area contributed by atoms with Gasteiger partial charge in [-0.1, -0.05) is 34.1 Å². The second-order valence-electron chi connectivity index (χ2n) is 5.97. The Labute approximate surface area is 176 Å². The topological polar surface area (TPSA) is 92.9 Å². The fourth-order valence-corrected chi connectivity index (χ4v) is 3.89. The van der Waals surface area contributed by atoms with Gasteiger partial charge in [-0.05, 0) is 40.2 Å². The van der Waals surface area contributed by atoms with E-state index >= 15 is 0 Å². The van der Waals surface area contributed by atoms with Crippen molar-refractivity contribution < 1.29 is 4.39 Å². The third kappa shape index (κ3) is 3.25. The molecule has 0 amide bonds. The Morgan fingerprint density at radius 3 is 2.68 bits per heavy atom. The van der Waals surface area contributed by atoms with Crippen LogP contribution in [0.1, 0.15) is 17.0 Å². The summed E-state index contributed by atoms with van der Waals surface area (Å²) in [4.78, 5) is 8.91. The van der Waals surface area contributed by atoms with Gasteiger partial charge in [-0.3, -0.25) is 0 Å². The van der Waals surface area contributed by atoms with Crippen LogP contribution in [-0.4, -0.2) is 19.6 Å². The molecule has 0 saturated carbocycles. The van der Waals surface area contributed by atoms with Crippen molar-refractivity contribution in [2.45, 2.75) is 6.42 Å². The van der Waals surface area contributed by atoms with E-state index in [-0.39, 0.29) is 18.2 Å². The number of benzene rings is 2. The van der Waals surface area contributed by atoms with Gasteiger partial charge in [0.1, 0.15) is 5.82 Å². The van der Waals surface area contributed by atoms with Gasteiger partial charge in [-0.25, -0.2) is 14.4 Å². The van der Waals surface area contributed by atoms with E-state index in [0.29, 0.717) is 37.2 Å². The highest BCUT2D eigenvalue weighted by molar-refractivity contribution is 9.11. The van der Waals surface area contributed by atoms with Crippen LogP contribution in [0.3, 0.4) is 0 Å². The number of nitriles is 1. The minimum atomic E-state index is -0.340. The van der Waals surface area contributed by atoms with Crippen LogP contribution >= 0.6 is 31.9 Å². The summed E-state index contributed by atoms with van der Waals surface area (Å²) in [7, 11) is 0. The molecule has 28 heavy (non-hydrogen) atoms. The Morgan fingerprint density at radius 2 is 1.93 bits per heavy atom. The van der Waals surface area contributed by atoms with Gasteiger partial charge in [0.25, 0.3) is 0 Å². The van der Waals surface area contributed by atoms with Crippen LogP contribution < -0.4 is 5.73 Å². The average molecular weight is 502 g/mol. The molecule has 9 heteroatoms. The predicted molar refractivity (Wildman–Crippen MR) is 110 cm³/mol. The van der Waals surface area contributed by atoms with Gasteiger partial charge >= 0.3 is 0 Å². The zero-order valence-electron chi connectivity index (χ0n) is 14.2. The SMILES string of the molecule is N#Cc1cccc(-c2nc(N)n3nc(Cc4c(F)cccc4Br)nc3c2Br)c1. The quantitative estimate of drug-likeness (QED) is 0.446. The largest absolute Gasteiger partial charge is 0.368 e. The lowest BCUT2D eigenvalue weighted by Crippen LogP contribution is -2.04. The van der Waals surface area contributed by atoms with Crippen molar-refractivity contribution in [3.63, 3.8) is 0 Å². The number of fused-ring (bicyclic) bond motifs is 1. The van der Waals surface area contributed by atoms with Crippen molar-refractivity contribution in [2.24, 2.45) is 0 Å². The minimum Gasteiger partial charge on any atom is -0.368 e. The van der Waals surface area contributed by atoms with Crippen molar-refractivity contribution in [2.75, 3.05) is 5.73 Å². The zero-order valence-corrected chi connectivity index (χ0v) is 17.4. The Balaban J connectivity index is 1.83. The molecule has 0 radical (unpaired) electrons. The standard InChI is InChI=1S/C19H11Br2FN6/c20-13-5-2-6-14(22)12(13)8-15-25-18-16(21)17(26-19(24)28(18)27-15)11-4-1-3-10(7-11)9-23/h1-7H,8H2,(H2,24,26). The Hall–Kier alpha value is -2.83. The van der Waals surface area contributed by atoms with E-state index in [1.165, 1.54) is 10.6 Å². The molecule has 0 unspecified atom stereocenters. The normalized spacial score (nSPS) is 10.9. The third-order valence-corrected chi connectivity index (χ3v) is 5.63. The fourth-order valence-electron chi connectivity index (χ4n) is 2.83. The number of hydrogen-bond acceptors (Lipinski definition) is 5. The number of hydrogen-bond donors (Lipinski definition) is 1. The molecule has 0 aliphatic carbocycles. The van der Waals surface area contributed by atoms with Crippen molar-refractivity contribution in [1.82, 2.24) is 19.6 Å². The Bertz CT molecular complexity index is 1240. The van der Waals surface area contributed by atoms with Gasteiger partial charge in [0, 0.05) is 22.0 Å². The van der Waals surface area contributed by atoms with E-state index < -0.39 is 0 Å². The first-order valence-corrected chi connectivity index (χ1v) is 9.70. The first kappa shape index (κ1) is 18.5. The van der Waals surface area contributed by atoms with Crippen LogP contribution in [0.15, 0.2) is 51.4 Å². The highest BCUT2D eigenvalue weighted by atomic mass is 79.9. The molecule has 0 aliphatic rings. The van der Waals surface area contributed by atoms with Crippen molar-refractivity contribution in [3.05, 3.63) is 74.2 Å². The molecular weight excluding hydrogens is 491 g/mol. The summed E-state index contributed by atoms with van der Waals surface area (Å²) in [6.45, 7) is 0. The molecule has 6 nitrogen and oxygen atoms in total. The molecule has 0 atom stereocenters. The molecule has 2 aromatic carbocycles. The van der Waals surface area contributed by atoms with Crippen LogP contribution in [0, 0.1) is 17.1 Å².